The van der Waals surface area contributed by atoms with Crippen molar-refractivity contribution >= 4 is 17.3 Å². The number of nitrogens with one attached hydrogen (secondary N) is 2. The zero-order valence-corrected chi connectivity index (χ0v) is 12.5. The Bertz CT molecular complexity index is 369. The van der Waals surface area contributed by atoms with E-state index in [1.165, 1.54) is 37.9 Å². The summed E-state index contributed by atoms with van der Waals surface area (Å²) in [6.45, 7) is 5.42. The van der Waals surface area contributed by atoms with Gasteiger partial charge in [0.1, 0.15) is 0 Å². The molecule has 0 amide bonds. The van der Waals surface area contributed by atoms with Crippen LogP contribution >= 0.6 is 11.3 Å². The molecule has 1 aliphatic heterocycles. The number of piperidine rings is 1. The molecule has 1 aromatic rings. The number of thiophene rings is 1. The molecule has 0 bridgehead atoms. The van der Waals surface area contributed by atoms with Gasteiger partial charge in [-0.15, -0.1) is 0 Å². The Hall–Kier alpha value is -1.07. The highest BCUT2D eigenvalue weighted by Crippen LogP contribution is 2.07. The number of hydrogen-bond acceptors (Lipinski definition) is 3. The molecule has 1 aliphatic rings. The lowest BCUT2D eigenvalue weighted by Crippen LogP contribution is -2.42. The van der Waals surface area contributed by atoms with Crippen LogP contribution in [0, 0.1) is 0 Å². The molecule has 0 saturated carbocycles. The second-order valence-electron chi connectivity index (χ2n) is 4.89. The maximum atomic E-state index is 4.25. The van der Waals surface area contributed by atoms with E-state index >= 15 is 0 Å². The van der Waals surface area contributed by atoms with Gasteiger partial charge in [0, 0.05) is 26.7 Å². The van der Waals surface area contributed by atoms with E-state index in [1.54, 1.807) is 11.3 Å². The number of aliphatic imine (C=N–C) groups is 1. The lowest BCUT2D eigenvalue weighted by Gasteiger charge is -2.26. The average Bonchev–Trinajstić information content (AvgIpc) is 2.97. The number of nitrogens with zero attached hydrogens (tertiary/aromatic N) is 2. The van der Waals surface area contributed by atoms with E-state index in [1.807, 2.05) is 7.05 Å². The summed E-state index contributed by atoms with van der Waals surface area (Å²) in [5, 5.41) is 11.0. The fourth-order valence-electron chi connectivity index (χ4n) is 2.32. The SMILES string of the molecule is CN=C(NCCN1CCCCC1)NCc1ccsc1. The third-order valence-corrected chi connectivity index (χ3v) is 4.16. The quantitative estimate of drug-likeness (QED) is 0.639. The Kier molecular flexibility index (Phi) is 6.17. The van der Waals surface area contributed by atoms with Gasteiger partial charge in [-0.1, -0.05) is 6.42 Å². The molecule has 0 spiro atoms. The second-order valence-corrected chi connectivity index (χ2v) is 5.67. The normalized spacial score (nSPS) is 17.4. The highest BCUT2D eigenvalue weighted by molar-refractivity contribution is 7.07. The summed E-state index contributed by atoms with van der Waals surface area (Å²) in [7, 11) is 1.82. The first-order valence-electron chi connectivity index (χ1n) is 7.06. The molecule has 1 fully saturated rings. The van der Waals surface area contributed by atoms with Crippen LogP contribution < -0.4 is 10.6 Å². The van der Waals surface area contributed by atoms with E-state index in [0.717, 1.165) is 25.6 Å². The topological polar surface area (TPSA) is 39.7 Å². The van der Waals surface area contributed by atoms with Crippen molar-refractivity contribution in [3.63, 3.8) is 0 Å². The van der Waals surface area contributed by atoms with Gasteiger partial charge in [0.15, 0.2) is 5.96 Å². The Morgan fingerprint density at radius 3 is 2.84 bits per heavy atom. The van der Waals surface area contributed by atoms with Crippen molar-refractivity contribution in [1.29, 1.82) is 0 Å². The van der Waals surface area contributed by atoms with Crippen molar-refractivity contribution in [2.75, 3.05) is 33.2 Å². The molecule has 2 N–H and O–H groups in total. The van der Waals surface area contributed by atoms with Crippen LogP contribution in [0.2, 0.25) is 0 Å². The van der Waals surface area contributed by atoms with E-state index in [2.05, 4.69) is 37.4 Å². The van der Waals surface area contributed by atoms with Crippen LogP contribution in [-0.2, 0) is 6.54 Å². The van der Waals surface area contributed by atoms with E-state index in [-0.39, 0.29) is 0 Å². The second kappa shape index (κ2) is 8.17. The molecule has 5 heteroatoms. The largest absolute Gasteiger partial charge is 0.355 e. The molecule has 2 heterocycles. The highest BCUT2D eigenvalue weighted by atomic mass is 32.1. The molecule has 19 heavy (non-hydrogen) atoms. The van der Waals surface area contributed by atoms with Crippen molar-refractivity contribution in [3.8, 4) is 0 Å². The molecule has 2 rings (SSSR count). The third-order valence-electron chi connectivity index (χ3n) is 3.43. The Balaban J connectivity index is 1.62. The molecule has 0 unspecified atom stereocenters. The molecule has 1 aromatic heterocycles. The van der Waals surface area contributed by atoms with Gasteiger partial charge in [-0.05, 0) is 48.3 Å². The Morgan fingerprint density at radius 2 is 2.16 bits per heavy atom. The van der Waals surface area contributed by atoms with Crippen molar-refractivity contribution in [2.45, 2.75) is 25.8 Å². The first-order valence-corrected chi connectivity index (χ1v) is 8.01. The first-order chi connectivity index (χ1) is 9.38. The monoisotopic (exact) mass is 280 g/mol. The van der Waals surface area contributed by atoms with Crippen molar-refractivity contribution < 1.29 is 0 Å². The van der Waals surface area contributed by atoms with Crippen LogP contribution in [-0.4, -0.2) is 44.1 Å². The number of hydrogen-bond donors (Lipinski definition) is 2. The lowest BCUT2D eigenvalue weighted by molar-refractivity contribution is 0.232. The maximum absolute atomic E-state index is 4.25. The van der Waals surface area contributed by atoms with Gasteiger partial charge in [-0.2, -0.15) is 11.3 Å². The van der Waals surface area contributed by atoms with Gasteiger partial charge in [0.05, 0.1) is 0 Å². The molecular weight excluding hydrogens is 256 g/mol. The van der Waals surface area contributed by atoms with Gasteiger partial charge >= 0.3 is 0 Å². The standard InChI is InChI=1S/C14H24N4S/c1-15-14(17-11-13-5-10-19-12-13)16-6-9-18-7-3-2-4-8-18/h5,10,12H,2-4,6-9,11H2,1H3,(H2,15,16,17). The van der Waals surface area contributed by atoms with Crippen molar-refractivity contribution in [2.24, 2.45) is 4.99 Å². The predicted molar refractivity (Wildman–Crippen MR) is 82.8 cm³/mol. The Labute approximate surface area is 119 Å². The number of likely N-dealkylation sites (tertiary alicyclic amines) is 1. The van der Waals surface area contributed by atoms with Crippen molar-refractivity contribution in [1.82, 2.24) is 15.5 Å². The van der Waals surface area contributed by atoms with Crippen LogP contribution in [0.4, 0.5) is 0 Å². The van der Waals surface area contributed by atoms with Gasteiger partial charge in [-0.25, -0.2) is 0 Å². The van der Waals surface area contributed by atoms with Crippen LogP contribution in [0.15, 0.2) is 21.8 Å². The first kappa shape index (κ1) is 14.3. The summed E-state index contributed by atoms with van der Waals surface area (Å²) in [5.74, 6) is 0.892. The minimum atomic E-state index is 0.840. The summed E-state index contributed by atoms with van der Waals surface area (Å²) in [6, 6.07) is 2.14. The molecule has 0 atom stereocenters. The van der Waals surface area contributed by atoms with Crippen LogP contribution in [0.1, 0.15) is 24.8 Å². The highest BCUT2D eigenvalue weighted by Gasteiger charge is 2.09. The zero-order chi connectivity index (χ0) is 13.3. The van der Waals surface area contributed by atoms with Gasteiger partial charge in [0.2, 0.25) is 0 Å². The van der Waals surface area contributed by atoms with Crippen LogP contribution in [0.3, 0.4) is 0 Å². The smallest absolute Gasteiger partial charge is 0.191 e. The van der Waals surface area contributed by atoms with E-state index < -0.39 is 0 Å². The van der Waals surface area contributed by atoms with Gasteiger partial charge in [0.25, 0.3) is 0 Å². The van der Waals surface area contributed by atoms with Crippen LogP contribution in [0.5, 0.6) is 0 Å². The van der Waals surface area contributed by atoms with E-state index in [9.17, 15) is 0 Å². The molecule has 1 saturated heterocycles. The Morgan fingerprint density at radius 1 is 1.32 bits per heavy atom. The summed E-state index contributed by atoms with van der Waals surface area (Å²) in [6.07, 6.45) is 4.10. The summed E-state index contributed by atoms with van der Waals surface area (Å²) < 4.78 is 0. The van der Waals surface area contributed by atoms with E-state index in [0.29, 0.717) is 0 Å². The fraction of sp³-hybridized carbons (Fsp3) is 0.643. The molecular formula is C14H24N4S. The van der Waals surface area contributed by atoms with Crippen LogP contribution in [0.25, 0.3) is 0 Å². The molecule has 106 valence electrons. The summed E-state index contributed by atoms with van der Waals surface area (Å²) in [5.41, 5.74) is 1.31. The minimum absolute atomic E-state index is 0.840. The lowest BCUT2D eigenvalue weighted by atomic mass is 10.1. The van der Waals surface area contributed by atoms with E-state index in [4.69, 9.17) is 0 Å². The maximum Gasteiger partial charge on any atom is 0.191 e. The fourth-order valence-corrected chi connectivity index (χ4v) is 2.98. The summed E-state index contributed by atoms with van der Waals surface area (Å²) in [4.78, 5) is 6.78. The summed E-state index contributed by atoms with van der Waals surface area (Å²) >= 11 is 1.73. The molecule has 0 aliphatic carbocycles. The van der Waals surface area contributed by atoms with Gasteiger partial charge < -0.3 is 15.5 Å². The van der Waals surface area contributed by atoms with Gasteiger partial charge in [-0.3, -0.25) is 4.99 Å². The number of rotatable bonds is 5. The average molecular weight is 280 g/mol. The number of guanidine groups is 1. The van der Waals surface area contributed by atoms with Crippen molar-refractivity contribution in [3.05, 3.63) is 22.4 Å². The minimum Gasteiger partial charge on any atom is -0.355 e. The molecule has 0 aromatic carbocycles. The predicted octanol–water partition coefficient (Wildman–Crippen LogP) is 1.90. The zero-order valence-electron chi connectivity index (χ0n) is 11.7. The third kappa shape index (κ3) is 5.20. The molecule has 4 nitrogen and oxygen atoms in total. The molecule has 0 radical (unpaired) electrons.